The molecule has 0 spiro atoms. The smallest absolute Gasteiger partial charge is 0.228 e. The highest BCUT2D eigenvalue weighted by Crippen LogP contribution is 2.29. The van der Waals surface area contributed by atoms with Gasteiger partial charge in [-0.2, -0.15) is 0 Å². The molecular formula is C20H19BrClN3O3. The number of likely N-dealkylation sites (tertiary alicyclic amines) is 1. The summed E-state index contributed by atoms with van der Waals surface area (Å²) in [5.74, 6) is 0.177. The van der Waals surface area contributed by atoms with Crippen molar-refractivity contribution in [1.82, 2.24) is 9.88 Å². The van der Waals surface area contributed by atoms with E-state index in [2.05, 4.69) is 20.9 Å². The number of nitrogens with zero attached hydrogens (tertiary/aromatic N) is 3. The van der Waals surface area contributed by atoms with E-state index in [1.807, 2.05) is 12.1 Å². The van der Waals surface area contributed by atoms with Gasteiger partial charge in [0.1, 0.15) is 6.10 Å². The lowest BCUT2D eigenvalue weighted by molar-refractivity contribution is -0.135. The number of pyridine rings is 1. The van der Waals surface area contributed by atoms with E-state index in [9.17, 15) is 9.59 Å². The minimum absolute atomic E-state index is 0.0102. The van der Waals surface area contributed by atoms with E-state index in [0.717, 1.165) is 16.6 Å². The Balaban J connectivity index is 1.37. The Bertz CT molecular complexity index is 893. The number of hydrogen-bond donors (Lipinski definition) is 0. The van der Waals surface area contributed by atoms with E-state index in [-0.39, 0.29) is 30.3 Å². The fraction of sp³-hybridized carbons (Fsp3) is 0.350. The van der Waals surface area contributed by atoms with E-state index in [1.165, 1.54) is 0 Å². The number of rotatable bonds is 4. The lowest BCUT2D eigenvalue weighted by Gasteiger charge is -2.21. The fourth-order valence-electron chi connectivity index (χ4n) is 3.64. The molecule has 8 heteroatoms. The topological polar surface area (TPSA) is 62.7 Å². The van der Waals surface area contributed by atoms with Crippen molar-refractivity contribution < 1.29 is 14.3 Å². The van der Waals surface area contributed by atoms with Crippen LogP contribution in [0, 0.1) is 5.92 Å². The molecule has 0 aliphatic carbocycles. The first kappa shape index (κ1) is 19.2. The molecule has 2 fully saturated rings. The molecule has 3 heterocycles. The molecule has 146 valence electrons. The van der Waals surface area contributed by atoms with Gasteiger partial charge in [-0.05, 0) is 52.3 Å². The Morgan fingerprint density at radius 3 is 2.75 bits per heavy atom. The van der Waals surface area contributed by atoms with Gasteiger partial charge in [0.15, 0.2) is 0 Å². The molecule has 2 unspecified atom stereocenters. The molecule has 0 radical (unpaired) electrons. The predicted octanol–water partition coefficient (Wildman–Crippen LogP) is 3.53. The average Bonchev–Trinajstić information content (AvgIpc) is 3.31. The van der Waals surface area contributed by atoms with Gasteiger partial charge in [-0.25, -0.2) is 4.98 Å². The van der Waals surface area contributed by atoms with Gasteiger partial charge in [-0.3, -0.25) is 9.59 Å². The summed E-state index contributed by atoms with van der Waals surface area (Å²) in [6.45, 7) is 1.53. The van der Waals surface area contributed by atoms with Crippen molar-refractivity contribution >= 4 is 45.0 Å². The lowest BCUT2D eigenvalue weighted by Crippen LogP contribution is -2.37. The van der Waals surface area contributed by atoms with Crippen LogP contribution in [0.2, 0.25) is 5.02 Å². The molecule has 1 aromatic carbocycles. The maximum Gasteiger partial charge on any atom is 0.228 e. The Kier molecular flexibility index (Phi) is 5.55. The summed E-state index contributed by atoms with van der Waals surface area (Å²) in [5.41, 5.74) is 0.771. The van der Waals surface area contributed by atoms with Crippen LogP contribution in [0.15, 0.2) is 47.1 Å². The zero-order chi connectivity index (χ0) is 19.7. The SMILES string of the molecule is O=C(C1CC(=O)N(c2ccc(Cl)cc2)C1)N1CCC(Oc2ncccc2Br)C1. The largest absolute Gasteiger partial charge is 0.472 e. The van der Waals surface area contributed by atoms with Crippen LogP contribution >= 0.6 is 27.5 Å². The van der Waals surface area contributed by atoms with Crippen LogP contribution in [0.5, 0.6) is 5.88 Å². The van der Waals surface area contributed by atoms with Crippen molar-refractivity contribution in [3.63, 3.8) is 0 Å². The Hall–Kier alpha value is -2.12. The van der Waals surface area contributed by atoms with Crippen LogP contribution in [0.25, 0.3) is 0 Å². The minimum Gasteiger partial charge on any atom is -0.472 e. The summed E-state index contributed by atoms with van der Waals surface area (Å²) in [5, 5.41) is 0.616. The summed E-state index contributed by atoms with van der Waals surface area (Å²) in [6, 6.07) is 10.8. The Morgan fingerprint density at radius 1 is 1.21 bits per heavy atom. The van der Waals surface area contributed by atoms with E-state index >= 15 is 0 Å². The number of hydrogen-bond acceptors (Lipinski definition) is 4. The molecular weight excluding hydrogens is 446 g/mol. The van der Waals surface area contributed by atoms with Crippen molar-refractivity contribution in [2.75, 3.05) is 24.5 Å². The van der Waals surface area contributed by atoms with Crippen molar-refractivity contribution in [3.05, 3.63) is 52.1 Å². The third kappa shape index (κ3) is 4.00. The van der Waals surface area contributed by atoms with Gasteiger partial charge < -0.3 is 14.5 Å². The van der Waals surface area contributed by atoms with Gasteiger partial charge >= 0.3 is 0 Å². The summed E-state index contributed by atoms with van der Waals surface area (Å²) < 4.78 is 6.72. The highest BCUT2D eigenvalue weighted by Gasteiger charge is 2.39. The second-order valence-electron chi connectivity index (χ2n) is 6.98. The molecule has 2 aliphatic heterocycles. The first-order valence-electron chi connectivity index (χ1n) is 9.13. The van der Waals surface area contributed by atoms with Gasteiger partial charge in [0.05, 0.1) is 16.9 Å². The molecule has 6 nitrogen and oxygen atoms in total. The molecule has 2 amide bonds. The second-order valence-corrected chi connectivity index (χ2v) is 8.28. The standard InChI is InChI=1S/C20H19BrClN3O3/c21-17-2-1-8-23-19(17)28-16-7-9-24(12-16)20(27)13-10-18(26)25(11-13)15-5-3-14(22)4-6-15/h1-6,8,13,16H,7,9-12H2. The first-order valence-corrected chi connectivity index (χ1v) is 10.3. The van der Waals surface area contributed by atoms with Crippen molar-refractivity contribution in [2.24, 2.45) is 5.92 Å². The van der Waals surface area contributed by atoms with Crippen LogP contribution in [-0.4, -0.2) is 47.4 Å². The molecule has 2 saturated heterocycles. The molecule has 2 aromatic rings. The number of ether oxygens (including phenoxy) is 1. The Labute approximate surface area is 176 Å². The van der Waals surface area contributed by atoms with Gasteiger partial charge in [0, 0.05) is 42.8 Å². The van der Waals surface area contributed by atoms with Gasteiger partial charge in [0.25, 0.3) is 0 Å². The normalized spacial score (nSPS) is 22.0. The monoisotopic (exact) mass is 463 g/mol. The van der Waals surface area contributed by atoms with Gasteiger partial charge in [-0.1, -0.05) is 11.6 Å². The van der Waals surface area contributed by atoms with E-state index < -0.39 is 0 Å². The number of anilines is 1. The number of carbonyl (C=O) groups is 2. The molecule has 4 rings (SSSR count). The quantitative estimate of drug-likeness (QED) is 0.694. The zero-order valence-electron chi connectivity index (χ0n) is 15.1. The van der Waals surface area contributed by atoms with Crippen molar-refractivity contribution in [1.29, 1.82) is 0 Å². The van der Waals surface area contributed by atoms with Crippen molar-refractivity contribution in [2.45, 2.75) is 18.9 Å². The second kappa shape index (κ2) is 8.09. The lowest BCUT2D eigenvalue weighted by atomic mass is 10.1. The van der Waals surface area contributed by atoms with Crippen LogP contribution in [0.4, 0.5) is 5.69 Å². The number of amides is 2. The van der Waals surface area contributed by atoms with E-state index in [4.69, 9.17) is 16.3 Å². The maximum atomic E-state index is 12.9. The average molecular weight is 465 g/mol. The number of carbonyl (C=O) groups excluding carboxylic acids is 2. The number of aromatic nitrogens is 1. The van der Waals surface area contributed by atoms with Crippen LogP contribution in [0.3, 0.4) is 0 Å². The molecule has 0 N–H and O–H groups in total. The molecule has 1 aromatic heterocycles. The third-order valence-electron chi connectivity index (χ3n) is 5.07. The molecule has 0 saturated carbocycles. The molecule has 28 heavy (non-hydrogen) atoms. The summed E-state index contributed by atoms with van der Waals surface area (Å²) in [4.78, 5) is 33.0. The third-order valence-corrected chi connectivity index (χ3v) is 5.93. The summed E-state index contributed by atoms with van der Waals surface area (Å²) in [6.07, 6.45) is 2.55. The molecule has 0 bridgehead atoms. The Morgan fingerprint density at radius 2 is 2.00 bits per heavy atom. The van der Waals surface area contributed by atoms with Crippen molar-refractivity contribution in [3.8, 4) is 5.88 Å². The fourth-order valence-corrected chi connectivity index (χ4v) is 4.12. The maximum absolute atomic E-state index is 12.9. The highest BCUT2D eigenvalue weighted by atomic mass is 79.9. The number of benzene rings is 1. The zero-order valence-corrected chi connectivity index (χ0v) is 17.4. The predicted molar refractivity (Wildman–Crippen MR) is 109 cm³/mol. The van der Waals surface area contributed by atoms with Crippen LogP contribution < -0.4 is 9.64 Å². The van der Waals surface area contributed by atoms with Crippen LogP contribution in [-0.2, 0) is 9.59 Å². The summed E-state index contributed by atoms with van der Waals surface area (Å²) in [7, 11) is 0. The highest BCUT2D eigenvalue weighted by molar-refractivity contribution is 9.10. The van der Waals surface area contributed by atoms with Crippen LogP contribution in [0.1, 0.15) is 12.8 Å². The molecule has 2 aliphatic rings. The number of halogens is 2. The van der Waals surface area contributed by atoms with Gasteiger partial charge in [0.2, 0.25) is 17.7 Å². The van der Waals surface area contributed by atoms with E-state index in [0.29, 0.717) is 30.5 Å². The molecule has 2 atom stereocenters. The van der Waals surface area contributed by atoms with Gasteiger partial charge in [-0.15, -0.1) is 0 Å². The first-order chi connectivity index (χ1) is 13.5. The summed E-state index contributed by atoms with van der Waals surface area (Å²) >= 11 is 9.34. The van der Waals surface area contributed by atoms with E-state index in [1.54, 1.807) is 40.3 Å². The minimum atomic E-state index is -0.330.